The van der Waals surface area contributed by atoms with Crippen molar-refractivity contribution >= 4 is 17.3 Å². The van der Waals surface area contributed by atoms with Crippen molar-refractivity contribution in [1.82, 2.24) is 4.90 Å². The van der Waals surface area contributed by atoms with Gasteiger partial charge in [0.2, 0.25) is 0 Å². The maximum Gasteiger partial charge on any atom is 0.166 e. The van der Waals surface area contributed by atoms with Crippen LogP contribution in [0.3, 0.4) is 0 Å². The second-order valence-corrected chi connectivity index (χ2v) is 2.83. The van der Waals surface area contributed by atoms with Crippen molar-refractivity contribution in [3.63, 3.8) is 0 Å². The number of nitriles is 1. The Morgan fingerprint density at radius 1 is 1.82 bits per heavy atom. The summed E-state index contributed by atoms with van der Waals surface area (Å²) in [5.41, 5.74) is 5.40. The van der Waals surface area contributed by atoms with Gasteiger partial charge in [0, 0.05) is 13.1 Å². The lowest BCUT2D eigenvalue weighted by Gasteiger charge is -2.21. The van der Waals surface area contributed by atoms with E-state index < -0.39 is 0 Å². The molecule has 1 unspecified atom stereocenters. The molecule has 0 radical (unpaired) electrons. The molecule has 0 saturated carbocycles. The molecule has 0 aliphatic heterocycles. The predicted molar refractivity (Wildman–Crippen MR) is 48.8 cm³/mol. The zero-order chi connectivity index (χ0) is 8.85. The van der Waals surface area contributed by atoms with Gasteiger partial charge in [-0.3, -0.25) is 0 Å². The topological polar surface area (TPSA) is 53.0 Å². The van der Waals surface area contributed by atoms with Crippen molar-refractivity contribution in [2.45, 2.75) is 13.8 Å². The number of thiocarbonyl (C=S) groups is 1. The van der Waals surface area contributed by atoms with E-state index in [9.17, 15) is 0 Å². The average molecular weight is 171 g/mol. The van der Waals surface area contributed by atoms with Gasteiger partial charge in [0.05, 0.1) is 12.0 Å². The highest BCUT2D eigenvalue weighted by atomic mass is 32.1. The third kappa shape index (κ3) is 3.79. The van der Waals surface area contributed by atoms with Crippen molar-refractivity contribution in [3.05, 3.63) is 0 Å². The number of hydrogen-bond acceptors (Lipinski definition) is 2. The van der Waals surface area contributed by atoms with E-state index >= 15 is 0 Å². The van der Waals surface area contributed by atoms with Crippen molar-refractivity contribution in [1.29, 1.82) is 5.26 Å². The van der Waals surface area contributed by atoms with E-state index in [-0.39, 0.29) is 5.92 Å². The van der Waals surface area contributed by atoms with Gasteiger partial charge >= 0.3 is 0 Å². The molecule has 0 amide bonds. The molecule has 0 rings (SSSR count). The first kappa shape index (κ1) is 10.2. The summed E-state index contributed by atoms with van der Waals surface area (Å²) >= 11 is 4.78. The number of rotatable bonds is 3. The highest BCUT2D eigenvalue weighted by Crippen LogP contribution is 1.97. The summed E-state index contributed by atoms with van der Waals surface area (Å²) in [4.78, 5) is 1.81. The SMILES string of the molecule is CCN(CC(C)C#N)C(N)=S. The molecule has 0 aliphatic carbocycles. The molecule has 3 nitrogen and oxygen atoms in total. The molecule has 0 spiro atoms. The van der Waals surface area contributed by atoms with Crippen LogP contribution in [0.2, 0.25) is 0 Å². The summed E-state index contributed by atoms with van der Waals surface area (Å²) < 4.78 is 0. The molecule has 0 fully saturated rings. The highest BCUT2D eigenvalue weighted by Gasteiger charge is 2.07. The molecule has 0 heterocycles. The summed E-state index contributed by atoms with van der Waals surface area (Å²) in [6.07, 6.45) is 0. The lowest BCUT2D eigenvalue weighted by molar-refractivity contribution is 0.406. The van der Waals surface area contributed by atoms with Crippen LogP contribution >= 0.6 is 12.2 Å². The minimum atomic E-state index is -0.0172. The Balaban J connectivity index is 3.90. The fraction of sp³-hybridized carbons (Fsp3) is 0.714. The summed E-state index contributed by atoms with van der Waals surface area (Å²) in [6, 6.07) is 2.13. The molecular formula is C7H13N3S. The molecule has 62 valence electrons. The van der Waals surface area contributed by atoms with E-state index in [1.807, 2.05) is 18.7 Å². The third-order valence-corrected chi connectivity index (χ3v) is 1.67. The minimum absolute atomic E-state index is 0.0172. The van der Waals surface area contributed by atoms with Crippen LogP contribution < -0.4 is 5.73 Å². The molecule has 1 atom stereocenters. The zero-order valence-electron chi connectivity index (χ0n) is 6.87. The fourth-order valence-electron chi connectivity index (χ4n) is 0.746. The zero-order valence-corrected chi connectivity index (χ0v) is 7.69. The van der Waals surface area contributed by atoms with Crippen molar-refractivity contribution < 1.29 is 0 Å². The minimum Gasteiger partial charge on any atom is -0.376 e. The van der Waals surface area contributed by atoms with Crippen LogP contribution in [-0.4, -0.2) is 23.1 Å². The standard InChI is InChI=1S/C7H13N3S/c1-3-10(7(9)11)5-6(2)4-8/h6H,3,5H2,1-2H3,(H2,9,11). The summed E-state index contributed by atoms with van der Waals surface area (Å²) in [5.74, 6) is -0.0172. The summed E-state index contributed by atoms with van der Waals surface area (Å²) in [7, 11) is 0. The smallest absolute Gasteiger partial charge is 0.166 e. The Labute approximate surface area is 72.8 Å². The van der Waals surface area contributed by atoms with Crippen LogP contribution in [0, 0.1) is 17.2 Å². The quantitative estimate of drug-likeness (QED) is 0.635. The summed E-state index contributed by atoms with van der Waals surface area (Å²) in [5, 5.41) is 8.87. The van der Waals surface area contributed by atoms with Crippen LogP contribution in [0.4, 0.5) is 0 Å². The van der Waals surface area contributed by atoms with Gasteiger partial charge in [-0.2, -0.15) is 5.26 Å². The Bertz CT molecular complexity index is 173. The van der Waals surface area contributed by atoms with E-state index in [0.717, 1.165) is 6.54 Å². The van der Waals surface area contributed by atoms with E-state index in [0.29, 0.717) is 11.7 Å². The second-order valence-electron chi connectivity index (χ2n) is 2.41. The average Bonchev–Trinajstić information content (AvgIpc) is 1.99. The van der Waals surface area contributed by atoms with Crippen LogP contribution in [0.5, 0.6) is 0 Å². The van der Waals surface area contributed by atoms with Crippen LogP contribution in [0.1, 0.15) is 13.8 Å². The van der Waals surface area contributed by atoms with E-state index in [1.165, 1.54) is 0 Å². The Morgan fingerprint density at radius 3 is 2.64 bits per heavy atom. The van der Waals surface area contributed by atoms with Crippen molar-refractivity contribution in [2.75, 3.05) is 13.1 Å². The number of nitrogens with two attached hydrogens (primary N) is 1. The molecule has 0 aromatic carbocycles. The largest absolute Gasteiger partial charge is 0.376 e. The van der Waals surface area contributed by atoms with Gasteiger partial charge in [0.15, 0.2) is 5.11 Å². The lowest BCUT2D eigenvalue weighted by Crippen LogP contribution is -2.38. The Hall–Kier alpha value is -0.820. The molecule has 11 heavy (non-hydrogen) atoms. The first-order valence-corrected chi connectivity index (χ1v) is 3.96. The normalized spacial score (nSPS) is 11.7. The van der Waals surface area contributed by atoms with Crippen molar-refractivity contribution in [2.24, 2.45) is 11.7 Å². The first-order valence-electron chi connectivity index (χ1n) is 3.55. The molecular weight excluding hydrogens is 158 g/mol. The number of hydrogen-bond donors (Lipinski definition) is 1. The van der Waals surface area contributed by atoms with Gasteiger partial charge in [-0.05, 0) is 26.1 Å². The van der Waals surface area contributed by atoms with Crippen LogP contribution in [0.25, 0.3) is 0 Å². The fourth-order valence-corrected chi connectivity index (χ4v) is 0.950. The Kier molecular flexibility index (Phi) is 4.55. The molecule has 0 bridgehead atoms. The molecule has 0 aromatic rings. The second kappa shape index (κ2) is 4.91. The van der Waals surface area contributed by atoms with Gasteiger partial charge in [-0.25, -0.2) is 0 Å². The molecule has 0 aliphatic rings. The van der Waals surface area contributed by atoms with Gasteiger partial charge in [-0.15, -0.1) is 0 Å². The van der Waals surface area contributed by atoms with Gasteiger partial charge in [-0.1, -0.05) is 0 Å². The van der Waals surface area contributed by atoms with Crippen LogP contribution in [0.15, 0.2) is 0 Å². The third-order valence-electron chi connectivity index (χ3n) is 1.41. The Morgan fingerprint density at radius 2 is 2.36 bits per heavy atom. The van der Waals surface area contributed by atoms with Gasteiger partial charge in [0.25, 0.3) is 0 Å². The van der Waals surface area contributed by atoms with E-state index in [4.69, 9.17) is 23.2 Å². The van der Waals surface area contributed by atoms with E-state index in [2.05, 4.69) is 6.07 Å². The maximum atomic E-state index is 8.50. The van der Waals surface area contributed by atoms with E-state index in [1.54, 1.807) is 0 Å². The highest BCUT2D eigenvalue weighted by molar-refractivity contribution is 7.80. The van der Waals surface area contributed by atoms with Crippen LogP contribution in [-0.2, 0) is 0 Å². The molecule has 0 saturated heterocycles. The van der Waals surface area contributed by atoms with Gasteiger partial charge in [0.1, 0.15) is 0 Å². The van der Waals surface area contributed by atoms with Crippen molar-refractivity contribution in [3.8, 4) is 6.07 Å². The predicted octanol–water partition coefficient (Wildman–Crippen LogP) is 0.712. The molecule has 2 N–H and O–H groups in total. The monoisotopic (exact) mass is 171 g/mol. The first-order chi connectivity index (χ1) is 5.11. The van der Waals surface area contributed by atoms with Gasteiger partial charge < -0.3 is 10.6 Å². The summed E-state index contributed by atoms with van der Waals surface area (Å²) in [6.45, 7) is 5.20. The number of nitrogens with zero attached hydrogens (tertiary/aromatic N) is 2. The maximum absolute atomic E-state index is 8.50. The molecule has 0 aromatic heterocycles. The lowest BCUT2D eigenvalue weighted by atomic mass is 10.2. The molecule has 4 heteroatoms.